The summed E-state index contributed by atoms with van der Waals surface area (Å²) in [5.74, 6) is -0.559. The number of methoxy groups -OCH3 is 1. The topological polar surface area (TPSA) is 84.9 Å². The number of urea groups is 1. The van der Waals surface area contributed by atoms with Gasteiger partial charge in [0.25, 0.3) is 11.8 Å². The molecule has 31 heavy (non-hydrogen) atoms. The molecule has 1 aliphatic heterocycles. The van der Waals surface area contributed by atoms with E-state index in [1.54, 1.807) is 12.1 Å². The molecule has 160 valence electrons. The van der Waals surface area contributed by atoms with Crippen LogP contribution in [0.2, 0.25) is 0 Å². The molecular weight excluding hydrogens is 532 g/mol. The summed E-state index contributed by atoms with van der Waals surface area (Å²) in [7, 11) is 1.49. The van der Waals surface area contributed by atoms with Crippen molar-refractivity contribution in [2.75, 3.05) is 13.7 Å². The predicted molar refractivity (Wildman–Crippen MR) is 123 cm³/mol. The average Bonchev–Trinajstić information content (AvgIpc) is 2.74. The zero-order valence-electron chi connectivity index (χ0n) is 16.5. The molecule has 0 bridgehead atoms. The Bertz CT molecular complexity index is 1080. The number of hydrogen-bond acceptors (Lipinski definition) is 5. The number of halogens is 2. The number of amides is 4. The lowest BCUT2D eigenvalue weighted by atomic mass is 10.1. The summed E-state index contributed by atoms with van der Waals surface area (Å²) < 4.78 is 12.9. The lowest BCUT2D eigenvalue weighted by molar-refractivity contribution is -0.129. The molecule has 1 aliphatic rings. The molecule has 1 saturated heterocycles. The van der Waals surface area contributed by atoms with Crippen LogP contribution >= 0.6 is 31.9 Å². The molecule has 4 amide bonds. The van der Waals surface area contributed by atoms with Crippen molar-refractivity contribution < 1.29 is 23.9 Å². The molecule has 1 N–H and O–H groups in total. The van der Waals surface area contributed by atoms with Crippen LogP contribution in [0.4, 0.5) is 4.79 Å². The van der Waals surface area contributed by atoms with Gasteiger partial charge in [0.2, 0.25) is 0 Å². The first-order valence-corrected chi connectivity index (χ1v) is 10.7. The summed E-state index contributed by atoms with van der Waals surface area (Å²) in [4.78, 5) is 37.6. The third-order valence-electron chi connectivity index (χ3n) is 4.36. The van der Waals surface area contributed by atoms with Gasteiger partial charge in [-0.1, -0.05) is 34.1 Å². The van der Waals surface area contributed by atoms with E-state index in [0.29, 0.717) is 28.1 Å². The van der Waals surface area contributed by atoms with Gasteiger partial charge in [-0.3, -0.25) is 19.8 Å². The van der Waals surface area contributed by atoms with Gasteiger partial charge in [-0.25, -0.2) is 4.79 Å². The van der Waals surface area contributed by atoms with Crippen LogP contribution in [-0.4, -0.2) is 36.4 Å². The molecule has 3 rings (SSSR count). The second-order valence-electron chi connectivity index (χ2n) is 6.47. The van der Waals surface area contributed by atoms with E-state index in [0.717, 1.165) is 14.9 Å². The zero-order chi connectivity index (χ0) is 22.5. The number of hydrogen-bond donors (Lipinski definition) is 1. The molecule has 2 aromatic rings. The van der Waals surface area contributed by atoms with Crippen LogP contribution in [0.1, 0.15) is 11.1 Å². The molecule has 0 saturated carbocycles. The summed E-state index contributed by atoms with van der Waals surface area (Å²) in [6.45, 7) is 3.83. The second kappa shape index (κ2) is 9.93. The minimum atomic E-state index is -0.775. The number of ether oxygens (including phenoxy) is 2. The van der Waals surface area contributed by atoms with Crippen LogP contribution in [0.5, 0.6) is 11.5 Å². The average molecular weight is 550 g/mol. The van der Waals surface area contributed by atoms with Gasteiger partial charge in [-0.15, -0.1) is 6.58 Å². The highest BCUT2D eigenvalue weighted by Gasteiger charge is 2.35. The third-order valence-corrected chi connectivity index (χ3v) is 5.47. The van der Waals surface area contributed by atoms with E-state index >= 15 is 0 Å². The quantitative estimate of drug-likeness (QED) is 0.313. The van der Waals surface area contributed by atoms with Gasteiger partial charge in [0.15, 0.2) is 11.5 Å². The van der Waals surface area contributed by atoms with Crippen LogP contribution in [0.25, 0.3) is 6.08 Å². The molecule has 0 radical (unpaired) electrons. The highest BCUT2D eigenvalue weighted by molar-refractivity contribution is 9.10. The summed E-state index contributed by atoms with van der Waals surface area (Å²) in [5, 5.41) is 2.15. The first-order valence-electron chi connectivity index (χ1n) is 9.08. The highest BCUT2D eigenvalue weighted by atomic mass is 79.9. The van der Waals surface area contributed by atoms with Crippen molar-refractivity contribution in [3.63, 3.8) is 0 Å². The molecular formula is C22H18Br2N2O5. The minimum Gasteiger partial charge on any atom is -0.493 e. The fraction of sp³-hybridized carbons (Fsp3) is 0.136. The number of carbonyl (C=O) groups is 3. The maximum absolute atomic E-state index is 12.6. The summed E-state index contributed by atoms with van der Waals surface area (Å²) in [5.41, 5.74) is 1.32. The number of nitrogens with one attached hydrogen (secondary N) is 1. The lowest BCUT2D eigenvalue weighted by Crippen LogP contribution is -2.54. The van der Waals surface area contributed by atoms with E-state index in [1.165, 1.54) is 19.3 Å². The third kappa shape index (κ3) is 5.23. The molecule has 0 aliphatic carbocycles. The Morgan fingerprint density at radius 1 is 1.13 bits per heavy atom. The van der Waals surface area contributed by atoms with Crippen LogP contribution in [0.3, 0.4) is 0 Å². The first kappa shape index (κ1) is 22.8. The Morgan fingerprint density at radius 2 is 1.84 bits per heavy atom. The van der Waals surface area contributed by atoms with Crippen molar-refractivity contribution in [1.29, 1.82) is 0 Å². The fourth-order valence-corrected chi connectivity index (χ4v) is 3.69. The molecule has 0 aromatic heterocycles. The Hall–Kier alpha value is -2.91. The fourth-order valence-electron chi connectivity index (χ4n) is 2.85. The molecule has 7 nitrogen and oxygen atoms in total. The normalized spacial score (nSPS) is 15.1. The molecule has 2 aromatic carbocycles. The monoisotopic (exact) mass is 548 g/mol. The number of benzene rings is 2. The van der Waals surface area contributed by atoms with Crippen LogP contribution in [0, 0.1) is 0 Å². The maximum atomic E-state index is 12.6. The Kier molecular flexibility index (Phi) is 7.29. The van der Waals surface area contributed by atoms with E-state index in [4.69, 9.17) is 9.47 Å². The zero-order valence-corrected chi connectivity index (χ0v) is 19.7. The van der Waals surface area contributed by atoms with Crippen molar-refractivity contribution >= 4 is 55.8 Å². The SMILES string of the molecule is C=CCN1C(=O)NC(=O)C(=Cc2cc(Br)c(OCc3ccc(Br)cc3)c(OC)c2)C1=O. The van der Waals surface area contributed by atoms with Gasteiger partial charge in [-0.2, -0.15) is 0 Å². The van der Waals surface area contributed by atoms with Crippen LogP contribution in [0.15, 0.2) is 63.6 Å². The highest BCUT2D eigenvalue weighted by Crippen LogP contribution is 2.38. The van der Waals surface area contributed by atoms with Gasteiger partial charge in [0.1, 0.15) is 12.2 Å². The Labute approximate surface area is 196 Å². The number of imide groups is 2. The van der Waals surface area contributed by atoms with E-state index in [-0.39, 0.29) is 12.1 Å². The summed E-state index contributed by atoms with van der Waals surface area (Å²) in [6.07, 6.45) is 2.80. The van der Waals surface area contributed by atoms with Crippen molar-refractivity contribution in [2.24, 2.45) is 0 Å². The number of nitrogens with zero attached hydrogens (tertiary/aromatic N) is 1. The van der Waals surface area contributed by atoms with E-state index in [2.05, 4.69) is 43.8 Å². The largest absolute Gasteiger partial charge is 0.493 e. The Morgan fingerprint density at radius 3 is 2.48 bits per heavy atom. The van der Waals surface area contributed by atoms with E-state index in [9.17, 15) is 14.4 Å². The molecule has 0 unspecified atom stereocenters. The van der Waals surface area contributed by atoms with Gasteiger partial charge in [0.05, 0.1) is 11.6 Å². The van der Waals surface area contributed by atoms with Crippen LogP contribution < -0.4 is 14.8 Å². The molecule has 1 fully saturated rings. The van der Waals surface area contributed by atoms with Crippen molar-refractivity contribution in [3.8, 4) is 11.5 Å². The molecule has 9 heteroatoms. The predicted octanol–water partition coefficient (Wildman–Crippen LogP) is 4.45. The maximum Gasteiger partial charge on any atom is 0.331 e. The van der Waals surface area contributed by atoms with Gasteiger partial charge < -0.3 is 9.47 Å². The number of carbonyl (C=O) groups excluding carboxylic acids is 3. The van der Waals surface area contributed by atoms with Gasteiger partial charge >= 0.3 is 6.03 Å². The van der Waals surface area contributed by atoms with Crippen molar-refractivity contribution in [3.05, 3.63) is 74.7 Å². The summed E-state index contributed by atoms with van der Waals surface area (Å²) in [6, 6.07) is 10.3. The van der Waals surface area contributed by atoms with Gasteiger partial charge in [0, 0.05) is 11.0 Å². The summed E-state index contributed by atoms with van der Waals surface area (Å²) >= 11 is 6.86. The smallest absolute Gasteiger partial charge is 0.331 e. The molecule has 0 spiro atoms. The molecule has 0 atom stereocenters. The van der Waals surface area contributed by atoms with E-state index < -0.39 is 17.8 Å². The second-order valence-corrected chi connectivity index (χ2v) is 8.24. The van der Waals surface area contributed by atoms with Crippen molar-refractivity contribution in [2.45, 2.75) is 6.61 Å². The molecule has 1 heterocycles. The van der Waals surface area contributed by atoms with Gasteiger partial charge in [-0.05, 0) is 57.4 Å². The first-order chi connectivity index (χ1) is 14.8. The standard InChI is InChI=1S/C22H18Br2N2O5/c1-3-8-26-21(28)16(20(27)25-22(26)29)9-14-10-17(24)19(18(11-14)30-2)31-12-13-4-6-15(23)7-5-13/h3-7,9-11H,1,8,12H2,2H3,(H,25,27,29). The van der Waals surface area contributed by atoms with Crippen molar-refractivity contribution in [1.82, 2.24) is 10.2 Å². The lowest BCUT2D eigenvalue weighted by Gasteiger charge is -2.25. The van der Waals surface area contributed by atoms with Crippen LogP contribution in [-0.2, 0) is 16.2 Å². The number of barbiturate groups is 1. The van der Waals surface area contributed by atoms with E-state index in [1.807, 2.05) is 24.3 Å². The Balaban J connectivity index is 1.88. The number of rotatable bonds is 7. The minimum absolute atomic E-state index is 0.00879.